The first-order chi connectivity index (χ1) is 24.1. The van der Waals surface area contributed by atoms with Crippen molar-refractivity contribution in [3.63, 3.8) is 0 Å². The number of nitrogens with zero attached hydrogens (tertiary/aromatic N) is 5. The van der Waals surface area contributed by atoms with Gasteiger partial charge in [0.1, 0.15) is 0 Å². The molecule has 11 rings (SSSR count). The van der Waals surface area contributed by atoms with E-state index in [0.29, 0.717) is 29.6 Å². The van der Waals surface area contributed by atoms with E-state index < -0.39 is 0 Å². The number of allylic oxidation sites excluding steroid dienone is 4. The van der Waals surface area contributed by atoms with Gasteiger partial charge in [0.2, 0.25) is 11.9 Å². The van der Waals surface area contributed by atoms with Crippen molar-refractivity contribution >= 4 is 33.4 Å². The summed E-state index contributed by atoms with van der Waals surface area (Å²) in [6.07, 6.45) is 13.0. The van der Waals surface area contributed by atoms with Gasteiger partial charge < -0.3 is 0 Å². The van der Waals surface area contributed by atoms with E-state index in [0.717, 1.165) is 34.1 Å². The van der Waals surface area contributed by atoms with E-state index in [1.807, 2.05) is 24.3 Å². The standard InChI is InChI=1S/C44H39N5/c1-3-4-19-37-28(2)44(32-24-29-23-30(26-32)27-33(44)25-29)36-18-10-13-22-40(36)48(37)42-45-41(31-14-6-5-7-15-31)46-43(47-42)49-38-20-11-8-16-34(38)35-17-9-12-21-39(35)49/h3-22,29-30,32-33H,1,23-27H2,2H3/b19-4-. The maximum absolute atomic E-state index is 5.41. The van der Waals surface area contributed by atoms with Gasteiger partial charge in [0, 0.05) is 27.4 Å². The van der Waals surface area contributed by atoms with Gasteiger partial charge in [-0.2, -0.15) is 15.0 Å². The molecule has 2 aromatic heterocycles. The molecule has 49 heavy (non-hydrogen) atoms. The summed E-state index contributed by atoms with van der Waals surface area (Å²) in [4.78, 5) is 18.2. The van der Waals surface area contributed by atoms with Crippen molar-refractivity contribution in [1.29, 1.82) is 0 Å². The molecule has 5 aliphatic rings. The van der Waals surface area contributed by atoms with Gasteiger partial charge in [0.15, 0.2) is 5.82 Å². The van der Waals surface area contributed by atoms with Crippen molar-refractivity contribution in [3.05, 3.63) is 145 Å². The molecule has 4 fully saturated rings. The van der Waals surface area contributed by atoms with Crippen molar-refractivity contribution in [2.45, 2.75) is 44.4 Å². The average molecular weight is 638 g/mol. The Morgan fingerprint density at radius 2 is 1.27 bits per heavy atom. The second-order valence-corrected chi connectivity index (χ2v) is 14.6. The zero-order valence-corrected chi connectivity index (χ0v) is 27.8. The van der Waals surface area contributed by atoms with Crippen LogP contribution in [0.2, 0.25) is 0 Å². The number of hydrogen-bond acceptors (Lipinski definition) is 4. The quantitative estimate of drug-likeness (QED) is 0.177. The van der Waals surface area contributed by atoms with Crippen LogP contribution in [0.15, 0.2) is 139 Å². The maximum Gasteiger partial charge on any atom is 0.240 e. The van der Waals surface area contributed by atoms with Crippen LogP contribution in [0.25, 0.3) is 39.1 Å². The SMILES string of the molecule is C=C/C=C\C1=C(C)C2(c3ccccc3N1c1nc(-c3ccccc3)nc(-n3c4ccccc4c4ccccc43)n1)C1CC3CC(C1)CC2C3. The van der Waals surface area contributed by atoms with Gasteiger partial charge in [-0.1, -0.05) is 104 Å². The molecule has 6 aromatic rings. The summed E-state index contributed by atoms with van der Waals surface area (Å²) in [5.41, 5.74) is 8.35. The van der Waals surface area contributed by atoms with Crippen molar-refractivity contribution < 1.29 is 0 Å². The minimum Gasteiger partial charge on any atom is -0.279 e. The normalized spacial score (nSPS) is 25.6. The molecule has 4 saturated carbocycles. The predicted molar refractivity (Wildman–Crippen MR) is 199 cm³/mol. The van der Waals surface area contributed by atoms with Gasteiger partial charge in [-0.3, -0.25) is 9.47 Å². The molecule has 4 aromatic carbocycles. The number of para-hydroxylation sites is 3. The molecule has 5 nitrogen and oxygen atoms in total. The third-order valence-electron chi connectivity index (χ3n) is 12.3. The summed E-state index contributed by atoms with van der Waals surface area (Å²) in [6, 6.07) is 36.5. The second-order valence-electron chi connectivity index (χ2n) is 14.6. The van der Waals surface area contributed by atoms with Crippen LogP contribution in [0.4, 0.5) is 11.6 Å². The van der Waals surface area contributed by atoms with Crippen LogP contribution >= 0.6 is 0 Å². The first-order valence-corrected chi connectivity index (χ1v) is 17.8. The van der Waals surface area contributed by atoms with E-state index in [1.165, 1.54) is 59.7 Å². The Morgan fingerprint density at radius 3 is 1.94 bits per heavy atom. The molecule has 1 spiro atoms. The molecule has 4 bridgehead atoms. The minimum absolute atomic E-state index is 0.0201. The number of hydrogen-bond donors (Lipinski definition) is 0. The van der Waals surface area contributed by atoms with Crippen molar-refractivity contribution in [2.75, 3.05) is 4.90 Å². The van der Waals surface area contributed by atoms with Gasteiger partial charge in [-0.15, -0.1) is 0 Å². The highest BCUT2D eigenvalue weighted by molar-refractivity contribution is 6.09. The molecule has 0 radical (unpaired) electrons. The zero-order chi connectivity index (χ0) is 32.7. The van der Waals surface area contributed by atoms with E-state index in [4.69, 9.17) is 15.0 Å². The molecular weight excluding hydrogens is 599 g/mol. The predicted octanol–water partition coefficient (Wildman–Crippen LogP) is 10.5. The summed E-state index contributed by atoms with van der Waals surface area (Å²) in [6.45, 7) is 6.48. The van der Waals surface area contributed by atoms with E-state index in [2.05, 4.69) is 120 Å². The zero-order valence-electron chi connectivity index (χ0n) is 27.8. The van der Waals surface area contributed by atoms with Gasteiger partial charge in [0.25, 0.3) is 0 Å². The van der Waals surface area contributed by atoms with Gasteiger partial charge in [-0.25, -0.2) is 0 Å². The van der Waals surface area contributed by atoms with Crippen LogP contribution in [-0.4, -0.2) is 19.5 Å². The number of fused-ring (bicyclic) bond motifs is 4. The van der Waals surface area contributed by atoms with Crippen molar-refractivity contribution in [2.24, 2.45) is 23.7 Å². The Balaban J connectivity index is 1.26. The third-order valence-corrected chi connectivity index (χ3v) is 12.3. The lowest BCUT2D eigenvalue weighted by atomic mass is 9.41. The van der Waals surface area contributed by atoms with Crippen molar-refractivity contribution in [3.8, 4) is 17.3 Å². The molecule has 0 saturated heterocycles. The van der Waals surface area contributed by atoms with Crippen LogP contribution in [-0.2, 0) is 5.41 Å². The summed E-state index contributed by atoms with van der Waals surface area (Å²) < 4.78 is 2.20. The molecule has 1 aliphatic heterocycles. The van der Waals surface area contributed by atoms with Crippen LogP contribution in [0.3, 0.4) is 0 Å². The first-order valence-electron chi connectivity index (χ1n) is 17.8. The lowest BCUT2D eigenvalue weighted by Crippen LogP contribution is -2.58. The lowest BCUT2D eigenvalue weighted by molar-refractivity contribution is -0.0444. The number of benzene rings is 4. The topological polar surface area (TPSA) is 46.8 Å². The van der Waals surface area contributed by atoms with Gasteiger partial charge >= 0.3 is 0 Å². The largest absolute Gasteiger partial charge is 0.279 e. The molecule has 240 valence electrons. The molecule has 3 heterocycles. The van der Waals surface area contributed by atoms with E-state index in [-0.39, 0.29) is 5.41 Å². The maximum atomic E-state index is 5.41. The minimum atomic E-state index is 0.0201. The molecule has 4 aliphatic carbocycles. The molecule has 0 atom stereocenters. The highest BCUT2D eigenvalue weighted by Crippen LogP contribution is 2.68. The Bertz CT molecular complexity index is 2260. The van der Waals surface area contributed by atoms with Crippen LogP contribution in [0.1, 0.15) is 44.6 Å². The molecule has 0 N–H and O–H groups in total. The first kappa shape index (κ1) is 28.7. The molecule has 0 unspecified atom stereocenters. The summed E-state index contributed by atoms with van der Waals surface area (Å²) >= 11 is 0. The van der Waals surface area contributed by atoms with Gasteiger partial charge in [-0.05, 0) is 98.1 Å². The molecule has 0 amide bonds. The Hall–Kier alpha value is -5.29. The fourth-order valence-electron chi connectivity index (χ4n) is 10.7. The van der Waals surface area contributed by atoms with E-state index in [9.17, 15) is 0 Å². The Kier molecular flexibility index (Phi) is 6.36. The molecule has 5 heteroatoms. The second kappa shape index (κ2) is 10.9. The smallest absolute Gasteiger partial charge is 0.240 e. The number of anilines is 2. The Labute approximate surface area is 287 Å². The van der Waals surface area contributed by atoms with E-state index >= 15 is 0 Å². The summed E-state index contributed by atoms with van der Waals surface area (Å²) in [7, 11) is 0. The third kappa shape index (κ3) is 4.08. The van der Waals surface area contributed by atoms with E-state index in [1.54, 1.807) is 0 Å². The van der Waals surface area contributed by atoms with Crippen LogP contribution < -0.4 is 4.90 Å². The molecular formula is C44H39N5. The van der Waals surface area contributed by atoms with Crippen LogP contribution in [0, 0.1) is 23.7 Å². The fraction of sp³-hybridized carbons (Fsp3) is 0.250. The van der Waals surface area contributed by atoms with Gasteiger partial charge in [0.05, 0.1) is 16.7 Å². The lowest BCUT2D eigenvalue weighted by Gasteiger charge is -2.64. The van der Waals surface area contributed by atoms with Crippen molar-refractivity contribution in [1.82, 2.24) is 19.5 Å². The fourth-order valence-corrected chi connectivity index (χ4v) is 10.7. The summed E-state index contributed by atoms with van der Waals surface area (Å²) in [5, 5.41) is 2.36. The number of rotatable bonds is 5. The highest BCUT2D eigenvalue weighted by atomic mass is 15.3. The average Bonchev–Trinajstić information content (AvgIpc) is 3.48. The Morgan fingerprint density at radius 1 is 0.673 bits per heavy atom. The van der Waals surface area contributed by atoms with Crippen LogP contribution in [0.5, 0.6) is 0 Å². The summed E-state index contributed by atoms with van der Waals surface area (Å²) in [5.74, 6) is 4.96. The highest BCUT2D eigenvalue weighted by Gasteiger charge is 2.61. The monoisotopic (exact) mass is 637 g/mol. The number of aromatic nitrogens is 4.